The number of carbonyl (C=O) groups is 2. The first-order valence-electron chi connectivity index (χ1n) is 16.2. The number of hydrogen-bond acceptors (Lipinski definition) is 14. The van der Waals surface area contributed by atoms with Gasteiger partial charge in [-0.3, -0.25) is 9.69 Å². The van der Waals surface area contributed by atoms with Gasteiger partial charge in [-0.1, -0.05) is 23.8 Å². The maximum Gasteiger partial charge on any atom is 0.347 e. The van der Waals surface area contributed by atoms with Gasteiger partial charge in [0.1, 0.15) is 52.5 Å². The zero-order chi connectivity index (χ0) is 35.3. The fraction of sp³-hybridized carbons (Fsp3) is 0.543. The number of aliphatic hydroxyl groups is 3. The van der Waals surface area contributed by atoms with Crippen molar-refractivity contribution in [2.45, 2.75) is 94.5 Å². The summed E-state index contributed by atoms with van der Waals surface area (Å²) in [5.41, 5.74) is -1.05. The summed E-state index contributed by atoms with van der Waals surface area (Å²) in [6, 6.07) is 4.03. The number of nitrogens with zero attached hydrogens (tertiary/aromatic N) is 1. The Bertz CT molecular complexity index is 1770. The van der Waals surface area contributed by atoms with Gasteiger partial charge in [-0.05, 0) is 53.9 Å². The Morgan fingerprint density at radius 2 is 1.69 bits per heavy atom. The molecule has 0 saturated carbocycles. The van der Waals surface area contributed by atoms with Crippen LogP contribution in [0.15, 0.2) is 41.7 Å². The van der Waals surface area contributed by atoms with Gasteiger partial charge in [0.15, 0.2) is 12.4 Å². The van der Waals surface area contributed by atoms with Crippen molar-refractivity contribution in [1.29, 1.82) is 0 Å². The summed E-state index contributed by atoms with van der Waals surface area (Å²) < 4.78 is 42.4. The fourth-order valence-electron chi connectivity index (χ4n) is 7.84. The van der Waals surface area contributed by atoms with Gasteiger partial charge in [-0.25, -0.2) is 4.79 Å². The molecule has 0 bridgehead atoms. The van der Waals surface area contributed by atoms with Crippen molar-refractivity contribution in [2.24, 2.45) is 5.92 Å². The lowest BCUT2D eigenvalue weighted by atomic mass is 9.72. The molecule has 4 N–H and O–H groups in total. The van der Waals surface area contributed by atoms with E-state index in [0.717, 1.165) is 0 Å². The van der Waals surface area contributed by atoms with Crippen LogP contribution in [0.3, 0.4) is 0 Å². The van der Waals surface area contributed by atoms with Crippen molar-refractivity contribution in [3.8, 4) is 17.2 Å². The van der Waals surface area contributed by atoms with Crippen LogP contribution in [0.5, 0.6) is 17.2 Å². The van der Waals surface area contributed by atoms with E-state index in [4.69, 9.17) is 33.2 Å². The zero-order valence-electron chi connectivity index (χ0n) is 28.1. The quantitative estimate of drug-likeness (QED) is 0.256. The first-order valence-corrected chi connectivity index (χ1v) is 16.2. The van der Waals surface area contributed by atoms with Gasteiger partial charge in [0.05, 0.1) is 35.5 Å². The molecular formula is C35H41NO13. The van der Waals surface area contributed by atoms with Crippen molar-refractivity contribution in [1.82, 2.24) is 4.90 Å². The third-order valence-electron chi connectivity index (χ3n) is 10.5. The molecule has 1 aliphatic carbocycles. The number of hydrogen-bond donors (Lipinski definition) is 4. The number of aromatic hydroxyl groups is 1. The SMILES string of the molecule is CO[C@H]1[C@@H](O)[C@@H](C)O[C@H](O[C@H]2[C@H](Oc3cccc4c(O)c5c6c(c34)OC(=O)C3C(C)=CC=C(OC5=O)C63)O[C@H](C)[C@H](O)[C@]2(C)O)[C@@H]1N(C)C. The Balaban J connectivity index is 1.34. The van der Waals surface area contributed by atoms with Crippen molar-refractivity contribution < 1.29 is 63.2 Å². The monoisotopic (exact) mass is 683 g/mol. The number of rotatable bonds is 6. The number of methoxy groups -OCH3 is 1. The minimum Gasteiger partial charge on any atom is -0.506 e. The minimum absolute atomic E-state index is 0.0315. The summed E-state index contributed by atoms with van der Waals surface area (Å²) in [6.45, 7) is 6.41. The van der Waals surface area contributed by atoms with Crippen LogP contribution in [0.25, 0.3) is 10.8 Å². The predicted octanol–water partition coefficient (Wildman–Crippen LogP) is 1.85. The number of carbonyl (C=O) groups excluding carboxylic acids is 2. The molecule has 0 spiro atoms. The molecule has 4 aliphatic heterocycles. The molecule has 0 radical (unpaired) electrons. The molecular weight excluding hydrogens is 642 g/mol. The molecule has 0 aromatic heterocycles. The van der Waals surface area contributed by atoms with Crippen LogP contribution in [0.4, 0.5) is 0 Å². The lowest BCUT2D eigenvalue weighted by Gasteiger charge is -2.51. The Morgan fingerprint density at radius 3 is 2.39 bits per heavy atom. The second kappa shape index (κ2) is 12.0. The Morgan fingerprint density at radius 1 is 0.980 bits per heavy atom. The molecule has 14 nitrogen and oxygen atoms in total. The summed E-state index contributed by atoms with van der Waals surface area (Å²) in [7, 11) is 5.00. The number of likely N-dealkylation sites (N-methyl/N-ethyl adjacent to an activating group) is 1. The number of ether oxygens (including phenoxy) is 7. The number of phenols is 1. The fourth-order valence-corrected chi connectivity index (χ4v) is 7.84. The topological polar surface area (TPSA) is 183 Å². The third-order valence-corrected chi connectivity index (χ3v) is 10.5. The Labute approximate surface area is 282 Å². The molecule has 2 saturated heterocycles. The van der Waals surface area contributed by atoms with Gasteiger partial charge >= 0.3 is 11.9 Å². The summed E-state index contributed by atoms with van der Waals surface area (Å²) in [5.74, 6) is -2.82. The van der Waals surface area contributed by atoms with Crippen LogP contribution in [-0.2, 0) is 28.5 Å². The van der Waals surface area contributed by atoms with Crippen molar-refractivity contribution in [3.05, 3.63) is 52.8 Å². The molecule has 0 amide bonds. The molecule has 2 aromatic carbocycles. The van der Waals surface area contributed by atoms with Crippen LogP contribution in [-0.4, -0.2) is 119 Å². The van der Waals surface area contributed by atoms with Gasteiger partial charge < -0.3 is 53.6 Å². The van der Waals surface area contributed by atoms with E-state index in [0.29, 0.717) is 11.1 Å². The van der Waals surface area contributed by atoms with E-state index < -0.39 is 84.6 Å². The average Bonchev–Trinajstić information content (AvgIpc) is 3.04. The largest absolute Gasteiger partial charge is 0.506 e. The van der Waals surface area contributed by atoms with Crippen LogP contribution < -0.4 is 9.47 Å². The first kappa shape index (κ1) is 33.9. The highest BCUT2D eigenvalue weighted by Crippen LogP contribution is 2.57. The highest BCUT2D eigenvalue weighted by atomic mass is 16.8. The smallest absolute Gasteiger partial charge is 0.347 e. The highest BCUT2D eigenvalue weighted by Gasteiger charge is 2.57. The Kier molecular flexibility index (Phi) is 8.31. The molecule has 14 heteroatoms. The van der Waals surface area contributed by atoms with Crippen LogP contribution in [0, 0.1) is 5.92 Å². The maximum atomic E-state index is 13.5. The minimum atomic E-state index is -1.96. The van der Waals surface area contributed by atoms with E-state index in [1.54, 1.807) is 70.1 Å². The number of aliphatic hydroxyl groups excluding tert-OH is 2. The normalized spacial score (nSPS) is 38.4. The third kappa shape index (κ3) is 5.08. The van der Waals surface area contributed by atoms with E-state index in [2.05, 4.69) is 0 Å². The van der Waals surface area contributed by atoms with E-state index in [1.807, 2.05) is 0 Å². The van der Waals surface area contributed by atoms with Crippen LogP contribution >= 0.6 is 0 Å². The second-order valence-corrected chi connectivity index (χ2v) is 13.8. The molecule has 4 heterocycles. The summed E-state index contributed by atoms with van der Waals surface area (Å²) in [6.07, 6.45) is -5.33. The molecule has 264 valence electrons. The predicted molar refractivity (Wildman–Crippen MR) is 170 cm³/mol. The van der Waals surface area contributed by atoms with Gasteiger partial charge in [-0.2, -0.15) is 0 Å². The van der Waals surface area contributed by atoms with Crippen LogP contribution in [0.2, 0.25) is 0 Å². The standard InChI is InChI=1S/C35H41NO13/c1-13-11-12-18-21-19(13)31(40)48-27-20-16(26(38)23(22(21)27)32(41)46-18)9-8-10-17(20)47-34-30(35(4,42)29(39)15(3)45-34)49-33-24(36(5)6)28(43-7)25(37)14(2)44-33/h8-12,14-15,19,21,24-25,28-30,33-34,37-39,42H,1-7H3/t14-,15-,19?,21?,24-,25+,28-,29+,30+,33-,34+,35+/m1/s1. The number of phenolic OH excluding ortho intramolecular Hbond substituents is 1. The molecule has 12 atom stereocenters. The van der Waals surface area contributed by atoms with E-state index in [1.165, 1.54) is 14.0 Å². The van der Waals surface area contributed by atoms with E-state index >= 15 is 0 Å². The Hall–Kier alpha value is -3.60. The number of benzene rings is 2. The molecule has 2 aromatic rings. The van der Waals surface area contributed by atoms with Crippen molar-refractivity contribution in [2.75, 3.05) is 21.2 Å². The lowest BCUT2D eigenvalue weighted by Crippen LogP contribution is -2.69. The number of fused-ring (bicyclic) bond motifs is 2. The maximum absolute atomic E-state index is 13.5. The lowest BCUT2D eigenvalue weighted by molar-refractivity contribution is -0.363. The summed E-state index contributed by atoms with van der Waals surface area (Å²) >= 11 is 0. The zero-order valence-corrected chi connectivity index (χ0v) is 28.1. The second-order valence-electron chi connectivity index (χ2n) is 13.8. The molecule has 49 heavy (non-hydrogen) atoms. The summed E-state index contributed by atoms with van der Waals surface area (Å²) in [5, 5.41) is 45.6. The van der Waals surface area contributed by atoms with E-state index in [-0.39, 0.29) is 39.3 Å². The molecule has 2 unspecified atom stereocenters. The molecule has 7 rings (SSSR count). The van der Waals surface area contributed by atoms with Gasteiger partial charge in [0.2, 0.25) is 6.29 Å². The first-order chi connectivity index (χ1) is 23.2. The van der Waals surface area contributed by atoms with Crippen molar-refractivity contribution >= 4 is 22.7 Å². The average molecular weight is 684 g/mol. The van der Waals surface area contributed by atoms with Crippen molar-refractivity contribution in [3.63, 3.8) is 0 Å². The highest BCUT2D eigenvalue weighted by molar-refractivity contribution is 6.11. The van der Waals surface area contributed by atoms with E-state index in [9.17, 15) is 30.0 Å². The van der Waals surface area contributed by atoms with Crippen LogP contribution in [0.1, 0.15) is 49.5 Å². The summed E-state index contributed by atoms with van der Waals surface area (Å²) in [4.78, 5) is 28.5. The number of esters is 2. The van der Waals surface area contributed by atoms with Gasteiger partial charge in [0.25, 0.3) is 0 Å². The van der Waals surface area contributed by atoms with Gasteiger partial charge in [0, 0.05) is 18.1 Å². The van der Waals surface area contributed by atoms with Gasteiger partial charge in [-0.15, -0.1) is 0 Å². The molecule has 5 aliphatic rings. The number of allylic oxidation sites excluding steroid dienone is 3. The molecule has 2 fully saturated rings.